The Morgan fingerprint density at radius 2 is 1.40 bits per heavy atom. The van der Waals surface area contributed by atoms with Crippen LogP contribution in [0.1, 0.15) is 184 Å². The second-order valence-corrected chi connectivity index (χ2v) is 24.3. The van der Waals surface area contributed by atoms with E-state index in [2.05, 4.69) is 65.9 Å². The van der Waals surface area contributed by atoms with Crippen LogP contribution in [0.2, 0.25) is 0 Å². The molecule has 3 N–H and O–H groups in total. The van der Waals surface area contributed by atoms with Gasteiger partial charge in [0, 0.05) is 65.8 Å². The minimum absolute atomic E-state index is 0.0331. The van der Waals surface area contributed by atoms with E-state index in [0.717, 1.165) is 124 Å². The van der Waals surface area contributed by atoms with Crippen molar-refractivity contribution in [1.82, 2.24) is 5.32 Å². The normalized spacial score (nSPS) is 20.8. The summed E-state index contributed by atoms with van der Waals surface area (Å²) in [6, 6.07) is 0. The fraction of sp³-hybridized carbons (Fsp3) is 0.656. The van der Waals surface area contributed by atoms with Crippen molar-refractivity contribution in [2.45, 2.75) is 196 Å². The lowest BCUT2D eigenvalue weighted by Gasteiger charge is -2.24. The minimum atomic E-state index is -4.55. The Hall–Kier alpha value is -4.50. The summed E-state index contributed by atoms with van der Waals surface area (Å²) in [6.45, 7) is 17.2. The highest BCUT2D eigenvalue weighted by molar-refractivity contribution is 7.47. The van der Waals surface area contributed by atoms with Gasteiger partial charge in [-0.15, -0.1) is 0 Å². The zero-order valence-corrected chi connectivity index (χ0v) is 49.5. The average Bonchev–Trinajstić information content (AvgIpc) is 4.21. The number of rotatable bonds is 33. The Labute approximate surface area is 460 Å². The summed E-state index contributed by atoms with van der Waals surface area (Å²) in [5.74, 6) is -1.16. The number of hydrogen-bond donors (Lipinski definition) is 3. The molecule has 5 aliphatic heterocycles. The van der Waals surface area contributed by atoms with Crippen LogP contribution in [-0.2, 0) is 37.4 Å². The first kappa shape index (κ1) is 61.7. The second kappa shape index (κ2) is 29.1. The molecular weight excluding hydrogens is 994 g/mol. The Bertz CT molecular complexity index is 2570. The number of ether oxygens (including phenoxy) is 3. The molecule has 1 saturated heterocycles. The Morgan fingerprint density at radius 1 is 0.766 bits per heavy atom. The Balaban J connectivity index is 1.22. The van der Waals surface area contributed by atoms with Gasteiger partial charge in [-0.3, -0.25) is 18.6 Å². The first-order chi connectivity index (χ1) is 36.7. The zero-order chi connectivity index (χ0) is 55.9. The van der Waals surface area contributed by atoms with Crippen molar-refractivity contribution in [2.24, 2.45) is 26.8 Å². The van der Waals surface area contributed by atoms with Crippen LogP contribution >= 0.6 is 7.82 Å². The number of aliphatic imine (C=N–C) groups is 3. The van der Waals surface area contributed by atoms with Crippen LogP contribution in [0.5, 0.6) is 0 Å². The molecule has 0 saturated carbocycles. The van der Waals surface area contributed by atoms with Crippen molar-refractivity contribution >= 4 is 36.9 Å². The van der Waals surface area contributed by atoms with Crippen LogP contribution in [0.25, 0.3) is 0 Å². The van der Waals surface area contributed by atoms with E-state index in [1.807, 2.05) is 34.1 Å². The molecule has 0 spiro atoms. The highest BCUT2D eigenvalue weighted by atomic mass is 31.2. The van der Waals surface area contributed by atoms with E-state index < -0.39 is 32.5 Å². The van der Waals surface area contributed by atoms with Crippen molar-refractivity contribution in [2.75, 3.05) is 54.1 Å². The SMILES string of the molecule is CCCCCCCCCCCCCC(=O)OC[C@H](COP(=O)(O)OCC[N+](C)(C)C)OC(=O)CCC1C2=C3CC(O)=C4C3=NC(=C4C)C=C3N=C(C=C4N=C(C=C(N2)C1C)C(C)=C4C(C)OCCCCCC)C(C)=C3CC. The van der Waals surface area contributed by atoms with Crippen molar-refractivity contribution in [3.63, 3.8) is 0 Å². The van der Waals surface area contributed by atoms with Gasteiger partial charge in [0.25, 0.3) is 0 Å². The van der Waals surface area contributed by atoms with Crippen LogP contribution < -0.4 is 5.32 Å². The van der Waals surface area contributed by atoms with Gasteiger partial charge < -0.3 is 34.0 Å². The molecule has 4 unspecified atom stereocenters. The monoisotopic (exact) mass is 1090 g/mol. The minimum Gasteiger partial charge on any atom is -0.511 e. The van der Waals surface area contributed by atoms with E-state index in [1.165, 1.54) is 51.4 Å². The number of aliphatic hydroxyl groups excluding tert-OH is 1. The fourth-order valence-electron chi connectivity index (χ4n) is 11.0. The van der Waals surface area contributed by atoms with E-state index in [-0.39, 0.29) is 56.2 Å². The van der Waals surface area contributed by atoms with E-state index in [9.17, 15) is 24.2 Å². The maximum atomic E-state index is 14.0. The highest BCUT2D eigenvalue weighted by Gasteiger charge is 2.42. The molecule has 0 aromatic carbocycles. The van der Waals surface area contributed by atoms with E-state index in [0.29, 0.717) is 36.2 Å². The molecule has 77 heavy (non-hydrogen) atoms. The fourth-order valence-corrected chi connectivity index (χ4v) is 11.7. The van der Waals surface area contributed by atoms with Crippen molar-refractivity contribution in [3.8, 4) is 0 Å². The molecular formula is C61H93N5O10P+. The summed E-state index contributed by atoms with van der Waals surface area (Å²) in [5.41, 5.74) is 13.2. The lowest BCUT2D eigenvalue weighted by molar-refractivity contribution is -0.870. The van der Waals surface area contributed by atoms with Gasteiger partial charge in [-0.1, -0.05) is 111 Å². The number of hydrogen-bond acceptors (Lipinski definition) is 13. The van der Waals surface area contributed by atoms with Gasteiger partial charge in [-0.05, 0) is 93.9 Å². The summed E-state index contributed by atoms with van der Waals surface area (Å²) in [7, 11) is 1.26. The zero-order valence-electron chi connectivity index (χ0n) is 48.6. The molecule has 6 aliphatic rings. The number of aliphatic hydroxyl groups is 1. The first-order valence-electron chi connectivity index (χ1n) is 29.1. The first-order valence-corrected chi connectivity index (χ1v) is 30.6. The number of carbonyl (C=O) groups is 2. The number of likely N-dealkylation sites (N-methyl/N-ethyl adjacent to an activating group) is 1. The van der Waals surface area contributed by atoms with Gasteiger partial charge in [-0.2, -0.15) is 0 Å². The summed E-state index contributed by atoms with van der Waals surface area (Å²) in [6.07, 6.45) is 23.5. The lowest BCUT2D eigenvalue weighted by atomic mass is 9.86. The number of nitrogens with zero attached hydrogens (tertiary/aromatic N) is 4. The Morgan fingerprint density at radius 3 is 2.06 bits per heavy atom. The number of allylic oxidation sites excluding steroid dienone is 11. The van der Waals surface area contributed by atoms with Crippen LogP contribution in [-0.4, -0.2) is 110 Å². The standard InChI is InChI=1S/C61H92N5O10P/c1-12-15-17-19-20-21-22-23-24-25-26-28-56(68)73-38-45(39-75-77(70,71)74-33-31-66(9,10)11)76-57(69)30-29-47-41(5)50-35-51-42(6)58(44(8)72-32-27-18-16-13-2)54(63-51)37-49-40(4)46(14-3)53(62-49)36-52-43(7)59-55(67)34-48(60(47)64-50)61(59)65-52/h35-37,41,44-45,47H,12-34,38-39H2,1-11H3,(H2-,62,63,64,65,67,70,71)/p+1/t41?,44?,45-,47?/m1/s1. The topological polar surface area (TPSA) is 187 Å². The average molecular weight is 1090 g/mol. The maximum Gasteiger partial charge on any atom is 0.472 e. The van der Waals surface area contributed by atoms with E-state index in [1.54, 1.807) is 0 Å². The summed E-state index contributed by atoms with van der Waals surface area (Å²) in [4.78, 5) is 53.4. The lowest BCUT2D eigenvalue weighted by Crippen LogP contribution is -2.37. The summed E-state index contributed by atoms with van der Waals surface area (Å²) in [5, 5.41) is 15.5. The summed E-state index contributed by atoms with van der Waals surface area (Å²) >= 11 is 0. The molecule has 426 valence electrons. The van der Waals surface area contributed by atoms with Crippen LogP contribution in [0, 0.1) is 11.8 Å². The molecule has 0 amide bonds. The number of carbonyl (C=O) groups excluding carboxylic acids is 2. The third kappa shape index (κ3) is 17.2. The number of unbranched alkanes of at least 4 members (excludes halogenated alkanes) is 13. The van der Waals surface area contributed by atoms with Gasteiger partial charge in [-0.25, -0.2) is 19.5 Å². The third-order valence-corrected chi connectivity index (χ3v) is 16.7. The molecule has 8 bridgehead atoms. The van der Waals surface area contributed by atoms with E-state index >= 15 is 0 Å². The predicted octanol–water partition coefficient (Wildman–Crippen LogP) is 13.4. The molecule has 0 aromatic rings. The summed E-state index contributed by atoms with van der Waals surface area (Å²) < 4.78 is 42.3. The van der Waals surface area contributed by atoms with Crippen molar-refractivity contribution < 1.29 is 51.9 Å². The molecule has 0 aromatic heterocycles. The quantitative estimate of drug-likeness (QED) is 0.0246. The number of phosphoric acid groups is 1. The largest absolute Gasteiger partial charge is 0.511 e. The van der Waals surface area contributed by atoms with Crippen LogP contribution in [0.15, 0.2) is 106 Å². The molecule has 1 fully saturated rings. The van der Waals surface area contributed by atoms with Crippen LogP contribution in [0.4, 0.5) is 0 Å². The van der Waals surface area contributed by atoms with Crippen molar-refractivity contribution in [3.05, 3.63) is 91.5 Å². The number of phosphoric ester groups is 1. The van der Waals surface area contributed by atoms with E-state index in [4.69, 9.17) is 38.2 Å². The number of esters is 2. The highest BCUT2D eigenvalue weighted by Crippen LogP contribution is 2.47. The molecule has 1 aliphatic carbocycles. The van der Waals surface area contributed by atoms with Gasteiger partial charge in [0.2, 0.25) is 0 Å². The van der Waals surface area contributed by atoms with Gasteiger partial charge >= 0.3 is 19.8 Å². The molecule has 15 nitrogen and oxygen atoms in total. The molecule has 16 heteroatoms. The molecule has 5 heterocycles. The third-order valence-electron chi connectivity index (χ3n) is 15.7. The Kier molecular flexibility index (Phi) is 23.3. The van der Waals surface area contributed by atoms with Gasteiger partial charge in [0.15, 0.2) is 6.10 Å². The van der Waals surface area contributed by atoms with Crippen molar-refractivity contribution in [1.29, 1.82) is 0 Å². The smallest absolute Gasteiger partial charge is 0.472 e. The molecule has 5 atom stereocenters. The molecule has 6 rings (SSSR count). The predicted molar refractivity (Wildman–Crippen MR) is 307 cm³/mol. The van der Waals surface area contributed by atoms with Gasteiger partial charge in [0.1, 0.15) is 25.5 Å². The number of nitrogens with one attached hydrogen (secondary N) is 1. The van der Waals surface area contributed by atoms with Gasteiger partial charge in [0.05, 0.1) is 68.1 Å². The van der Waals surface area contributed by atoms with Crippen LogP contribution in [0.3, 0.4) is 0 Å². The maximum absolute atomic E-state index is 14.0. The molecule has 0 radical (unpaired) electrons. The number of fused-ring (bicyclic) bond motifs is 5. The second-order valence-electron chi connectivity index (χ2n) is 22.8. The number of quaternary nitrogens is 1.